The highest BCUT2D eigenvalue weighted by molar-refractivity contribution is 5.97. The Bertz CT molecular complexity index is 2000. The maximum atomic E-state index is 14.5. The highest BCUT2D eigenvalue weighted by Crippen LogP contribution is 2.27. The van der Waals surface area contributed by atoms with E-state index in [4.69, 9.17) is 10.2 Å². The molecule has 0 saturated heterocycles. The molecule has 9 nitrogen and oxygen atoms in total. The standard InChI is InChI=1S/C18H13F4N3O2.C17H16F2N2O2/c1-10(26)25(14-4-2-3-13(19)8-14)9-12-6-5-11(7-15(12)20)17-23-24-18(27-17)16(21)22;1-11(22)21(15-4-2-3-14(18)8-15)10-13-6-5-12(7-16(13)19)17(23)9-20/h2-8,16H,9H2,1H3;2-8H,9-10,20H2,1H3. The van der Waals surface area contributed by atoms with Gasteiger partial charge in [0.25, 0.3) is 5.89 Å². The molecule has 1 aromatic heterocycles. The van der Waals surface area contributed by atoms with Crippen LogP contribution in [0.3, 0.4) is 0 Å². The van der Waals surface area contributed by atoms with Crippen molar-refractivity contribution in [1.29, 1.82) is 0 Å². The molecule has 0 fully saturated rings. The number of carbonyl (C=O) groups excluding carboxylic acids is 3. The molecule has 0 saturated carbocycles. The summed E-state index contributed by atoms with van der Waals surface area (Å²) in [5, 5.41) is 6.64. The maximum Gasteiger partial charge on any atom is 0.314 e. The van der Waals surface area contributed by atoms with Gasteiger partial charge in [-0.1, -0.05) is 30.3 Å². The first-order chi connectivity index (χ1) is 23.8. The van der Waals surface area contributed by atoms with E-state index in [1.165, 1.54) is 84.3 Å². The number of Topliss-reactive ketones (excluding diaryl/α,β-unsaturated/α-hetero) is 1. The van der Waals surface area contributed by atoms with Crippen molar-refractivity contribution in [2.75, 3.05) is 16.3 Å². The van der Waals surface area contributed by atoms with E-state index in [1.54, 1.807) is 6.07 Å². The van der Waals surface area contributed by atoms with Crippen molar-refractivity contribution in [3.63, 3.8) is 0 Å². The van der Waals surface area contributed by atoms with Crippen LogP contribution in [0.4, 0.5) is 37.7 Å². The van der Waals surface area contributed by atoms with Gasteiger partial charge < -0.3 is 20.0 Å². The number of carbonyl (C=O) groups is 3. The number of ketones is 1. The number of hydrogen-bond acceptors (Lipinski definition) is 7. The molecule has 0 radical (unpaired) electrons. The van der Waals surface area contributed by atoms with E-state index in [9.17, 15) is 40.7 Å². The number of nitrogens with two attached hydrogens (primary N) is 1. The van der Waals surface area contributed by atoms with Gasteiger partial charge in [-0.3, -0.25) is 14.4 Å². The normalized spacial score (nSPS) is 10.8. The second-order valence-electron chi connectivity index (χ2n) is 10.7. The summed E-state index contributed by atoms with van der Waals surface area (Å²) in [6.45, 7) is 2.18. The Hall–Kier alpha value is -5.83. The summed E-state index contributed by atoms with van der Waals surface area (Å²) >= 11 is 0. The number of halogens is 6. The van der Waals surface area contributed by atoms with Crippen LogP contribution in [0.15, 0.2) is 89.3 Å². The van der Waals surface area contributed by atoms with Crippen molar-refractivity contribution in [2.24, 2.45) is 5.73 Å². The molecule has 260 valence electrons. The molecular formula is C35H29F6N5O4. The Labute approximate surface area is 281 Å². The van der Waals surface area contributed by atoms with Crippen molar-refractivity contribution in [2.45, 2.75) is 33.4 Å². The predicted octanol–water partition coefficient (Wildman–Crippen LogP) is 7.16. The van der Waals surface area contributed by atoms with Gasteiger partial charge in [-0.25, -0.2) is 17.6 Å². The van der Waals surface area contributed by atoms with Crippen LogP contribution in [0.1, 0.15) is 47.6 Å². The lowest BCUT2D eigenvalue weighted by atomic mass is 10.1. The Morgan fingerprint density at radius 3 is 1.66 bits per heavy atom. The number of anilines is 2. The topological polar surface area (TPSA) is 123 Å². The highest BCUT2D eigenvalue weighted by Gasteiger charge is 2.20. The van der Waals surface area contributed by atoms with Gasteiger partial charge in [0.2, 0.25) is 17.7 Å². The predicted molar refractivity (Wildman–Crippen MR) is 171 cm³/mol. The Morgan fingerprint density at radius 2 is 1.24 bits per heavy atom. The number of alkyl halides is 2. The van der Waals surface area contributed by atoms with E-state index >= 15 is 0 Å². The van der Waals surface area contributed by atoms with Gasteiger partial charge in [0, 0.05) is 47.5 Å². The first kappa shape index (κ1) is 37.0. The monoisotopic (exact) mass is 697 g/mol. The van der Waals surface area contributed by atoms with Crippen LogP contribution < -0.4 is 15.5 Å². The molecule has 0 aliphatic carbocycles. The largest absolute Gasteiger partial charge is 0.415 e. The number of amides is 2. The van der Waals surface area contributed by atoms with Crippen molar-refractivity contribution < 1.29 is 45.1 Å². The van der Waals surface area contributed by atoms with Crippen molar-refractivity contribution in [3.8, 4) is 11.5 Å². The van der Waals surface area contributed by atoms with Gasteiger partial charge >= 0.3 is 6.43 Å². The van der Waals surface area contributed by atoms with E-state index in [1.807, 2.05) is 0 Å². The van der Waals surface area contributed by atoms with Crippen molar-refractivity contribution >= 4 is 29.0 Å². The summed E-state index contributed by atoms with van der Waals surface area (Å²) in [6.07, 6.45) is -2.93. The van der Waals surface area contributed by atoms with Gasteiger partial charge in [0.15, 0.2) is 5.78 Å². The van der Waals surface area contributed by atoms with Crippen LogP contribution in [0.5, 0.6) is 0 Å². The molecule has 0 aliphatic heterocycles. The minimum atomic E-state index is -2.93. The fourth-order valence-electron chi connectivity index (χ4n) is 4.61. The Kier molecular flexibility index (Phi) is 12.2. The zero-order chi connectivity index (χ0) is 36.5. The first-order valence-corrected chi connectivity index (χ1v) is 14.8. The molecule has 2 N–H and O–H groups in total. The van der Waals surface area contributed by atoms with Crippen LogP contribution >= 0.6 is 0 Å². The van der Waals surface area contributed by atoms with Gasteiger partial charge in [-0.05, 0) is 54.6 Å². The summed E-state index contributed by atoms with van der Waals surface area (Å²) < 4.78 is 85.2. The number of hydrogen-bond donors (Lipinski definition) is 1. The molecular weight excluding hydrogens is 668 g/mol. The number of nitrogens with zero attached hydrogens (tertiary/aromatic N) is 4. The fraction of sp³-hybridized carbons (Fsp3) is 0.171. The van der Waals surface area contributed by atoms with Crippen LogP contribution in [0.25, 0.3) is 11.5 Å². The maximum absolute atomic E-state index is 14.5. The van der Waals surface area contributed by atoms with E-state index < -0.39 is 41.5 Å². The lowest BCUT2D eigenvalue weighted by Gasteiger charge is -2.21. The number of aromatic nitrogens is 2. The third-order valence-electron chi connectivity index (χ3n) is 7.14. The first-order valence-electron chi connectivity index (χ1n) is 14.8. The van der Waals surface area contributed by atoms with Crippen LogP contribution in [-0.4, -0.2) is 34.3 Å². The molecule has 0 bridgehead atoms. The van der Waals surface area contributed by atoms with E-state index in [-0.39, 0.29) is 65.2 Å². The molecule has 2 amide bonds. The second kappa shape index (κ2) is 16.5. The molecule has 0 spiro atoms. The average molecular weight is 698 g/mol. The highest BCUT2D eigenvalue weighted by atomic mass is 19.3. The summed E-state index contributed by atoms with van der Waals surface area (Å²) in [7, 11) is 0. The number of benzene rings is 4. The molecule has 0 atom stereocenters. The van der Waals surface area contributed by atoms with Crippen LogP contribution in [-0.2, 0) is 22.7 Å². The second-order valence-corrected chi connectivity index (χ2v) is 10.7. The smallest absolute Gasteiger partial charge is 0.314 e. The van der Waals surface area contributed by atoms with Gasteiger partial charge in [0.1, 0.15) is 23.3 Å². The summed E-state index contributed by atoms with van der Waals surface area (Å²) in [5.41, 5.74) is 6.52. The van der Waals surface area contributed by atoms with Gasteiger partial charge in [0.05, 0.1) is 19.6 Å². The summed E-state index contributed by atoms with van der Waals surface area (Å²) in [4.78, 5) is 37.6. The molecule has 5 aromatic rings. The SMILES string of the molecule is CC(=O)N(Cc1ccc(-c2nnc(C(F)F)o2)cc1F)c1cccc(F)c1.CC(=O)N(Cc1ccc(C(=O)CN)cc1F)c1cccc(F)c1. The zero-order valence-electron chi connectivity index (χ0n) is 26.5. The molecule has 15 heteroatoms. The zero-order valence-corrected chi connectivity index (χ0v) is 26.5. The molecule has 0 unspecified atom stereocenters. The summed E-state index contributed by atoms with van der Waals surface area (Å²) in [5.74, 6) is -4.56. The number of rotatable bonds is 10. The molecule has 0 aliphatic rings. The third kappa shape index (κ3) is 9.41. The minimum absolute atomic E-state index is 0.0677. The Morgan fingerprint density at radius 1 is 0.720 bits per heavy atom. The van der Waals surface area contributed by atoms with E-state index in [0.29, 0.717) is 5.69 Å². The molecule has 1 heterocycles. The fourth-order valence-corrected chi connectivity index (χ4v) is 4.61. The summed E-state index contributed by atoms with van der Waals surface area (Å²) in [6, 6.07) is 18.7. The van der Waals surface area contributed by atoms with Crippen molar-refractivity contribution in [1.82, 2.24) is 10.2 Å². The van der Waals surface area contributed by atoms with E-state index in [0.717, 1.165) is 18.2 Å². The van der Waals surface area contributed by atoms with Crippen LogP contribution in [0.2, 0.25) is 0 Å². The van der Waals surface area contributed by atoms with E-state index in [2.05, 4.69) is 10.2 Å². The third-order valence-corrected chi connectivity index (χ3v) is 7.14. The quantitative estimate of drug-likeness (QED) is 0.121. The van der Waals surface area contributed by atoms with Gasteiger partial charge in [-0.15, -0.1) is 10.2 Å². The lowest BCUT2D eigenvalue weighted by Crippen LogP contribution is -2.28. The van der Waals surface area contributed by atoms with Crippen molar-refractivity contribution in [3.05, 3.63) is 131 Å². The molecule has 50 heavy (non-hydrogen) atoms. The lowest BCUT2D eigenvalue weighted by molar-refractivity contribution is -0.117. The molecule has 4 aromatic carbocycles. The van der Waals surface area contributed by atoms with Gasteiger partial charge in [-0.2, -0.15) is 8.78 Å². The molecule has 5 rings (SSSR count). The minimum Gasteiger partial charge on any atom is -0.415 e. The average Bonchev–Trinajstić information content (AvgIpc) is 3.58. The van der Waals surface area contributed by atoms with Crippen LogP contribution in [0, 0.1) is 23.3 Å². The Balaban J connectivity index is 0.000000228.